The van der Waals surface area contributed by atoms with Crippen molar-refractivity contribution in [1.29, 1.82) is 0 Å². The van der Waals surface area contributed by atoms with Gasteiger partial charge in [-0.2, -0.15) is 0 Å². The van der Waals surface area contributed by atoms with Crippen molar-refractivity contribution in [2.75, 3.05) is 5.73 Å². The summed E-state index contributed by atoms with van der Waals surface area (Å²) in [5, 5.41) is 0.993. The van der Waals surface area contributed by atoms with Gasteiger partial charge in [0.2, 0.25) is 0 Å². The molecule has 0 radical (unpaired) electrons. The predicted molar refractivity (Wildman–Crippen MR) is 60.5 cm³/mol. The van der Waals surface area contributed by atoms with Crippen LogP contribution in [0.1, 0.15) is 48.7 Å². The summed E-state index contributed by atoms with van der Waals surface area (Å²) in [5.74, 6) is 0. The summed E-state index contributed by atoms with van der Waals surface area (Å²) in [6.45, 7) is 4.35. The molecule has 14 heavy (non-hydrogen) atoms. The molecule has 1 aromatic rings. The Morgan fingerprint density at radius 3 is 2.36 bits per heavy atom. The Hall–Kier alpha value is -0.570. The van der Waals surface area contributed by atoms with Crippen LogP contribution < -0.4 is 10.3 Å². The molecule has 0 aliphatic heterocycles. The third kappa shape index (κ3) is 1.65. The number of hydrogen-bond acceptors (Lipinski definition) is 2. The van der Waals surface area contributed by atoms with E-state index in [1.165, 1.54) is 42.7 Å². The van der Waals surface area contributed by atoms with E-state index in [1.54, 1.807) is 11.3 Å². The molecule has 1 aliphatic carbocycles. The molecular weight excluding hydrogens is 192 g/mol. The Labute approximate surface area is 89.8 Å². The molecule has 0 aromatic carbocycles. The molecule has 0 spiro atoms. The quantitative estimate of drug-likeness (QED) is 0.711. The van der Waals surface area contributed by atoms with Gasteiger partial charge in [0.1, 0.15) is 11.7 Å². The van der Waals surface area contributed by atoms with Crippen LogP contribution in [0.3, 0.4) is 0 Å². The van der Waals surface area contributed by atoms with Gasteiger partial charge < -0.3 is 0 Å². The van der Waals surface area contributed by atoms with Gasteiger partial charge in [0.05, 0.1) is 4.88 Å². The molecule has 3 heteroatoms. The highest BCUT2D eigenvalue weighted by Gasteiger charge is 2.25. The normalized spacial score (nSPS) is 18.7. The van der Waals surface area contributed by atoms with Gasteiger partial charge in [0.25, 0.3) is 0 Å². The molecule has 2 N–H and O–H groups in total. The van der Waals surface area contributed by atoms with Crippen molar-refractivity contribution in [3.8, 4) is 0 Å². The Morgan fingerprint density at radius 2 is 1.86 bits per heavy atom. The largest absolute Gasteiger partial charge is 0.332 e. The Kier molecular flexibility index (Phi) is 2.77. The van der Waals surface area contributed by atoms with Crippen molar-refractivity contribution in [1.82, 2.24) is 0 Å². The predicted octanol–water partition coefficient (Wildman–Crippen LogP) is 2.74. The maximum atomic E-state index is 6.05. The third-order valence-electron chi connectivity index (χ3n) is 3.31. The van der Waals surface area contributed by atoms with Crippen LogP contribution in [0.15, 0.2) is 0 Å². The van der Waals surface area contributed by atoms with Crippen molar-refractivity contribution in [3.63, 3.8) is 0 Å². The van der Waals surface area contributed by atoms with Crippen LogP contribution >= 0.6 is 11.3 Å². The molecule has 1 aromatic heterocycles. The SMILES string of the molecule is Cc1sc(N)[n+](C2CCCCC2)c1C. The average Bonchev–Trinajstić information content (AvgIpc) is 2.43. The fourth-order valence-corrected chi connectivity index (χ4v) is 3.35. The van der Waals surface area contributed by atoms with Crippen molar-refractivity contribution >= 4 is 16.5 Å². The summed E-state index contributed by atoms with van der Waals surface area (Å²) < 4.78 is 2.36. The molecule has 1 fully saturated rings. The summed E-state index contributed by atoms with van der Waals surface area (Å²) in [6.07, 6.45) is 6.76. The summed E-state index contributed by atoms with van der Waals surface area (Å²) >= 11 is 1.73. The molecule has 0 bridgehead atoms. The second-order valence-electron chi connectivity index (χ2n) is 4.24. The first-order valence-electron chi connectivity index (χ1n) is 5.47. The molecule has 1 aliphatic rings. The topological polar surface area (TPSA) is 29.9 Å². The van der Waals surface area contributed by atoms with E-state index in [4.69, 9.17) is 5.73 Å². The molecule has 0 unspecified atom stereocenters. The van der Waals surface area contributed by atoms with E-state index in [0.717, 1.165) is 5.13 Å². The molecule has 1 heterocycles. The second kappa shape index (κ2) is 3.89. The number of aromatic nitrogens is 1. The van der Waals surface area contributed by atoms with Gasteiger partial charge in [-0.3, -0.25) is 5.73 Å². The van der Waals surface area contributed by atoms with E-state index in [-0.39, 0.29) is 0 Å². The van der Waals surface area contributed by atoms with Gasteiger partial charge in [0, 0.05) is 0 Å². The van der Waals surface area contributed by atoms with Crippen molar-refractivity contribution in [2.24, 2.45) is 0 Å². The van der Waals surface area contributed by atoms with Crippen LogP contribution in [-0.2, 0) is 0 Å². The minimum absolute atomic E-state index is 0.675. The Morgan fingerprint density at radius 1 is 1.21 bits per heavy atom. The maximum absolute atomic E-state index is 6.05. The summed E-state index contributed by atoms with van der Waals surface area (Å²) in [4.78, 5) is 1.37. The smallest absolute Gasteiger partial charge is 0.278 e. The zero-order valence-electron chi connectivity index (χ0n) is 9.05. The molecule has 1 saturated carbocycles. The first kappa shape index (κ1) is 9.97. The fourth-order valence-electron chi connectivity index (χ4n) is 2.41. The highest BCUT2D eigenvalue weighted by Crippen LogP contribution is 2.28. The molecule has 78 valence electrons. The van der Waals surface area contributed by atoms with E-state index < -0.39 is 0 Å². The lowest BCUT2D eigenvalue weighted by Gasteiger charge is -2.20. The van der Waals surface area contributed by atoms with E-state index in [2.05, 4.69) is 18.4 Å². The number of hydrogen-bond donors (Lipinski definition) is 1. The lowest BCUT2D eigenvalue weighted by Crippen LogP contribution is -2.43. The number of nitrogen functional groups attached to an aromatic ring is 1. The van der Waals surface area contributed by atoms with Gasteiger partial charge in [0.15, 0.2) is 0 Å². The van der Waals surface area contributed by atoms with E-state index in [0.29, 0.717) is 6.04 Å². The van der Waals surface area contributed by atoms with Crippen LogP contribution in [-0.4, -0.2) is 0 Å². The van der Waals surface area contributed by atoms with E-state index in [1.807, 2.05) is 0 Å². The molecule has 2 rings (SSSR count). The number of thiazole rings is 1. The number of nitrogens with two attached hydrogens (primary N) is 1. The highest BCUT2D eigenvalue weighted by molar-refractivity contribution is 7.15. The molecule has 0 atom stereocenters. The minimum Gasteiger partial charge on any atom is -0.278 e. The second-order valence-corrected chi connectivity index (χ2v) is 5.48. The Bertz CT molecular complexity index is 324. The number of anilines is 1. The van der Waals surface area contributed by atoms with E-state index in [9.17, 15) is 0 Å². The van der Waals surface area contributed by atoms with Crippen LogP contribution in [0.5, 0.6) is 0 Å². The van der Waals surface area contributed by atoms with E-state index >= 15 is 0 Å². The minimum atomic E-state index is 0.675. The molecule has 2 nitrogen and oxygen atoms in total. The van der Waals surface area contributed by atoms with Crippen LogP contribution in [0.4, 0.5) is 5.13 Å². The molecular formula is C11H19N2S+. The first-order chi connectivity index (χ1) is 6.70. The lowest BCUT2D eigenvalue weighted by molar-refractivity contribution is -0.714. The highest BCUT2D eigenvalue weighted by atomic mass is 32.1. The fraction of sp³-hybridized carbons (Fsp3) is 0.727. The average molecular weight is 211 g/mol. The Balaban J connectivity index is 2.29. The van der Waals surface area contributed by atoms with Gasteiger partial charge in [-0.25, -0.2) is 4.57 Å². The zero-order valence-corrected chi connectivity index (χ0v) is 9.86. The van der Waals surface area contributed by atoms with Gasteiger partial charge >= 0.3 is 5.13 Å². The first-order valence-corrected chi connectivity index (χ1v) is 6.29. The maximum Gasteiger partial charge on any atom is 0.332 e. The van der Waals surface area contributed by atoms with Crippen LogP contribution in [0.2, 0.25) is 0 Å². The number of aryl methyl sites for hydroxylation is 1. The van der Waals surface area contributed by atoms with Crippen LogP contribution in [0.25, 0.3) is 0 Å². The van der Waals surface area contributed by atoms with Crippen molar-refractivity contribution in [3.05, 3.63) is 10.6 Å². The van der Waals surface area contributed by atoms with Gasteiger partial charge in [-0.05, 0) is 39.5 Å². The van der Waals surface area contributed by atoms with Crippen molar-refractivity contribution in [2.45, 2.75) is 52.0 Å². The summed E-state index contributed by atoms with van der Waals surface area (Å²) in [5.41, 5.74) is 7.43. The summed E-state index contributed by atoms with van der Waals surface area (Å²) in [6, 6.07) is 0.675. The standard InChI is InChI=1S/C11H18N2S/c1-8-9(2)14-11(12)13(8)10-6-4-3-5-7-10/h10,12H,3-7H2,1-2H3/p+1. The third-order valence-corrected chi connectivity index (χ3v) is 4.31. The number of rotatable bonds is 1. The van der Waals surface area contributed by atoms with Gasteiger partial charge in [-0.15, -0.1) is 0 Å². The monoisotopic (exact) mass is 211 g/mol. The van der Waals surface area contributed by atoms with Crippen LogP contribution in [0, 0.1) is 13.8 Å². The van der Waals surface area contributed by atoms with Gasteiger partial charge in [-0.1, -0.05) is 17.8 Å². The van der Waals surface area contributed by atoms with Crippen molar-refractivity contribution < 1.29 is 4.57 Å². The zero-order chi connectivity index (χ0) is 10.1. The summed E-state index contributed by atoms with van der Waals surface area (Å²) in [7, 11) is 0. The molecule has 0 saturated heterocycles. The number of nitrogens with zero attached hydrogens (tertiary/aromatic N) is 1. The lowest BCUT2D eigenvalue weighted by atomic mass is 9.95. The molecule has 0 amide bonds.